The number of hydrogen-bond acceptors (Lipinski definition) is 3. The maximum Gasteiger partial charge on any atom is 0.135 e. The number of hydrogen-bond donors (Lipinski definition) is 0. The van der Waals surface area contributed by atoms with Gasteiger partial charge in [-0.25, -0.2) is 0 Å². The van der Waals surface area contributed by atoms with Crippen molar-refractivity contribution in [2.45, 2.75) is 0 Å². The van der Waals surface area contributed by atoms with E-state index >= 15 is 0 Å². The number of benzene rings is 9. The molecule has 0 saturated carbocycles. The average Bonchev–Trinajstić information content (AvgIpc) is 3.82. The molecule has 0 bridgehead atoms. The highest BCUT2D eigenvalue weighted by atomic mass is 32.1. The zero-order chi connectivity index (χ0) is 36.3. The predicted molar refractivity (Wildman–Crippen MR) is 235 cm³/mol. The van der Waals surface area contributed by atoms with Crippen molar-refractivity contribution in [3.63, 3.8) is 0 Å². The molecule has 2 nitrogen and oxygen atoms in total. The highest BCUT2D eigenvalue weighted by molar-refractivity contribution is 7.25. The monoisotopic (exact) mass is 719 g/mol. The second-order valence-corrected chi connectivity index (χ2v) is 15.1. The van der Waals surface area contributed by atoms with Gasteiger partial charge in [-0.15, -0.1) is 11.3 Å². The quantitative estimate of drug-likeness (QED) is 0.170. The second kappa shape index (κ2) is 12.9. The Kier molecular flexibility index (Phi) is 7.39. The molecule has 0 aliphatic heterocycles. The Morgan fingerprint density at radius 1 is 0.364 bits per heavy atom. The molecule has 0 atom stereocenters. The first-order valence-corrected chi connectivity index (χ1v) is 19.5. The molecule has 11 aromatic rings. The summed E-state index contributed by atoms with van der Waals surface area (Å²) in [6, 6.07) is 72.4. The van der Waals surface area contributed by atoms with Crippen molar-refractivity contribution in [3.8, 4) is 33.4 Å². The summed E-state index contributed by atoms with van der Waals surface area (Å²) in [6.45, 7) is 0. The van der Waals surface area contributed by atoms with Crippen LogP contribution in [0.1, 0.15) is 0 Å². The van der Waals surface area contributed by atoms with E-state index in [-0.39, 0.29) is 0 Å². The molecule has 3 heteroatoms. The van der Waals surface area contributed by atoms with Gasteiger partial charge in [0.15, 0.2) is 0 Å². The number of nitrogens with zero attached hydrogens (tertiary/aromatic N) is 1. The minimum atomic E-state index is 0.906. The average molecular weight is 720 g/mol. The van der Waals surface area contributed by atoms with Gasteiger partial charge in [-0.2, -0.15) is 0 Å². The molecule has 0 radical (unpaired) electrons. The van der Waals surface area contributed by atoms with E-state index in [1.807, 2.05) is 23.5 Å². The van der Waals surface area contributed by atoms with Gasteiger partial charge in [0, 0.05) is 47.9 Å². The van der Waals surface area contributed by atoms with E-state index in [4.69, 9.17) is 4.42 Å². The Morgan fingerprint density at radius 2 is 1.02 bits per heavy atom. The van der Waals surface area contributed by atoms with Crippen LogP contribution in [0, 0.1) is 0 Å². The molecule has 0 N–H and O–H groups in total. The van der Waals surface area contributed by atoms with Gasteiger partial charge in [0.25, 0.3) is 0 Å². The van der Waals surface area contributed by atoms with Crippen molar-refractivity contribution in [2.75, 3.05) is 4.90 Å². The van der Waals surface area contributed by atoms with Crippen molar-refractivity contribution in [2.24, 2.45) is 0 Å². The van der Waals surface area contributed by atoms with Gasteiger partial charge < -0.3 is 9.32 Å². The van der Waals surface area contributed by atoms with Gasteiger partial charge >= 0.3 is 0 Å². The first-order chi connectivity index (χ1) is 27.3. The summed E-state index contributed by atoms with van der Waals surface area (Å²) in [5.74, 6) is 0. The van der Waals surface area contributed by atoms with E-state index in [1.54, 1.807) is 0 Å². The smallest absolute Gasteiger partial charge is 0.135 e. The summed E-state index contributed by atoms with van der Waals surface area (Å²) in [6.07, 6.45) is 0. The fraction of sp³-hybridized carbons (Fsp3) is 0. The van der Waals surface area contributed by atoms with Crippen molar-refractivity contribution in [1.29, 1.82) is 0 Å². The van der Waals surface area contributed by atoms with Crippen molar-refractivity contribution in [1.82, 2.24) is 0 Å². The summed E-state index contributed by atoms with van der Waals surface area (Å²) in [5, 5.41) is 7.35. The molecule has 0 amide bonds. The van der Waals surface area contributed by atoms with Crippen LogP contribution in [0.4, 0.5) is 17.1 Å². The highest BCUT2D eigenvalue weighted by Crippen LogP contribution is 2.47. The normalized spacial score (nSPS) is 11.6. The Balaban J connectivity index is 1.10. The number of fused-ring (bicyclic) bond motifs is 7. The lowest BCUT2D eigenvalue weighted by Gasteiger charge is -2.29. The molecule has 0 spiro atoms. The van der Waals surface area contributed by atoms with Crippen LogP contribution in [0.5, 0.6) is 0 Å². The number of thiophene rings is 1. The Bertz CT molecular complexity index is 3220. The van der Waals surface area contributed by atoms with E-state index in [0.29, 0.717) is 0 Å². The molecular weight excluding hydrogens is 687 g/mol. The van der Waals surface area contributed by atoms with Crippen LogP contribution in [0.3, 0.4) is 0 Å². The molecule has 0 unspecified atom stereocenters. The lowest BCUT2D eigenvalue weighted by Crippen LogP contribution is -2.11. The highest BCUT2D eigenvalue weighted by Gasteiger charge is 2.21. The third-order valence-corrected chi connectivity index (χ3v) is 12.0. The Hall–Kier alpha value is -6.94. The molecule has 0 fully saturated rings. The van der Waals surface area contributed by atoms with Gasteiger partial charge in [-0.05, 0) is 99.3 Å². The van der Waals surface area contributed by atoms with Crippen molar-refractivity contribution < 1.29 is 4.42 Å². The molecule has 9 aromatic carbocycles. The van der Waals surface area contributed by atoms with Gasteiger partial charge in [-0.3, -0.25) is 0 Å². The van der Waals surface area contributed by atoms with Crippen molar-refractivity contribution >= 4 is 81.3 Å². The Labute approximate surface area is 322 Å². The van der Waals surface area contributed by atoms with Gasteiger partial charge in [0.05, 0.1) is 5.69 Å². The van der Waals surface area contributed by atoms with Gasteiger partial charge in [-0.1, -0.05) is 140 Å². The molecule has 0 saturated heterocycles. The lowest BCUT2D eigenvalue weighted by molar-refractivity contribution is 0.669. The third-order valence-electron chi connectivity index (χ3n) is 10.9. The SMILES string of the molecule is c1cc(-c2cccc3ccccc23)cc(N(c2ccc(-c3ccc4oc5ccccc5c4c3)cc2)c2ccccc2-c2cccc3sc4ccccc4c23)c1. The minimum Gasteiger partial charge on any atom is -0.456 e. The fourth-order valence-electron chi connectivity index (χ4n) is 8.32. The standard InChI is InChI=1S/C52H33NOS/c1-2-16-40-35(12-1)13-10-20-41(40)37-14-9-15-39(32-37)53(38-29-26-34(27-30-38)36-28-31-49-46(33-36)43-18-4-7-23-48(43)54-49)47-22-6-3-17-42(47)44-21-11-25-51-52(44)45-19-5-8-24-50(45)55-51/h1-33H. The van der Waals surface area contributed by atoms with Crippen LogP contribution in [-0.4, -0.2) is 0 Å². The summed E-state index contributed by atoms with van der Waals surface area (Å²) in [5.41, 5.74) is 12.3. The van der Waals surface area contributed by atoms with Crippen LogP contribution in [-0.2, 0) is 0 Å². The largest absolute Gasteiger partial charge is 0.456 e. The van der Waals surface area contributed by atoms with E-state index in [1.165, 1.54) is 53.2 Å². The summed E-state index contributed by atoms with van der Waals surface area (Å²) < 4.78 is 8.74. The lowest BCUT2D eigenvalue weighted by atomic mass is 9.95. The number of furan rings is 1. The van der Waals surface area contributed by atoms with E-state index < -0.39 is 0 Å². The maximum absolute atomic E-state index is 6.14. The van der Waals surface area contributed by atoms with Crippen LogP contribution in [0.2, 0.25) is 0 Å². The van der Waals surface area contributed by atoms with Crippen molar-refractivity contribution in [3.05, 3.63) is 200 Å². The number of rotatable bonds is 6. The maximum atomic E-state index is 6.14. The topological polar surface area (TPSA) is 16.4 Å². The first kappa shape index (κ1) is 31.6. The first-order valence-electron chi connectivity index (χ1n) is 18.7. The zero-order valence-corrected chi connectivity index (χ0v) is 30.6. The molecule has 0 aliphatic carbocycles. The number of anilines is 3. The van der Waals surface area contributed by atoms with Gasteiger partial charge in [0.2, 0.25) is 0 Å². The molecule has 55 heavy (non-hydrogen) atoms. The predicted octanol–water partition coefficient (Wildman–Crippen LogP) is 15.6. The Morgan fingerprint density at radius 3 is 1.95 bits per heavy atom. The van der Waals surface area contributed by atoms with Gasteiger partial charge in [0.1, 0.15) is 11.2 Å². The molecule has 2 heterocycles. The van der Waals surface area contributed by atoms with Crippen LogP contribution in [0.25, 0.3) is 86.3 Å². The minimum absolute atomic E-state index is 0.906. The summed E-state index contributed by atoms with van der Waals surface area (Å²) in [7, 11) is 0. The van der Waals surface area contributed by atoms with Crippen LogP contribution >= 0.6 is 11.3 Å². The third kappa shape index (κ3) is 5.32. The van der Waals surface area contributed by atoms with E-state index in [2.05, 4.69) is 193 Å². The van der Waals surface area contributed by atoms with Crippen LogP contribution in [0.15, 0.2) is 205 Å². The zero-order valence-electron chi connectivity index (χ0n) is 29.8. The molecule has 0 aliphatic rings. The van der Waals surface area contributed by atoms with E-state index in [0.717, 1.165) is 50.1 Å². The number of para-hydroxylation sites is 2. The summed E-state index contributed by atoms with van der Waals surface area (Å²) >= 11 is 1.86. The second-order valence-electron chi connectivity index (χ2n) is 14.1. The van der Waals surface area contributed by atoms with E-state index in [9.17, 15) is 0 Å². The van der Waals surface area contributed by atoms with Crippen LogP contribution < -0.4 is 4.90 Å². The molecule has 11 rings (SSSR count). The molecule has 258 valence electrons. The summed E-state index contributed by atoms with van der Waals surface area (Å²) in [4.78, 5) is 2.42. The fourth-order valence-corrected chi connectivity index (χ4v) is 9.45. The molecular formula is C52H33NOS. The molecule has 2 aromatic heterocycles.